The van der Waals surface area contributed by atoms with Gasteiger partial charge in [-0.2, -0.15) is 0 Å². The summed E-state index contributed by atoms with van der Waals surface area (Å²) in [4.78, 5) is 12.5. The van der Waals surface area contributed by atoms with Gasteiger partial charge < -0.3 is 14.4 Å². The lowest BCUT2D eigenvalue weighted by molar-refractivity contribution is 0.0949. The molecule has 5 nitrogen and oxygen atoms in total. The van der Waals surface area contributed by atoms with Gasteiger partial charge in [-0.15, -0.1) is 0 Å². The Morgan fingerprint density at radius 1 is 1.23 bits per heavy atom. The first-order valence-corrected chi connectivity index (χ1v) is 7.07. The van der Waals surface area contributed by atoms with Crippen LogP contribution in [0.2, 0.25) is 0 Å². The highest BCUT2D eigenvalue weighted by Crippen LogP contribution is 2.24. The van der Waals surface area contributed by atoms with E-state index in [0.29, 0.717) is 23.6 Å². The molecular weight excluding hydrogens is 278 g/mol. The first-order valence-electron chi connectivity index (χ1n) is 7.07. The summed E-state index contributed by atoms with van der Waals surface area (Å²) in [6, 6.07) is 13.5. The topological polar surface area (TPSA) is 60.1 Å². The molecule has 2 heterocycles. The molecule has 0 bridgehead atoms. The largest absolute Gasteiger partial charge is 0.360 e. The van der Waals surface area contributed by atoms with Gasteiger partial charge in [-0.25, -0.2) is 0 Å². The maximum atomic E-state index is 12.5. The van der Waals surface area contributed by atoms with Crippen LogP contribution in [0.25, 0.3) is 11.3 Å². The molecule has 3 rings (SSSR count). The Balaban J connectivity index is 1.84. The zero-order chi connectivity index (χ0) is 15.5. The van der Waals surface area contributed by atoms with E-state index in [1.807, 2.05) is 60.3 Å². The molecule has 0 aliphatic rings. The lowest BCUT2D eigenvalue weighted by Crippen LogP contribution is -2.24. The highest BCUT2D eigenvalue weighted by molar-refractivity contribution is 6.00. The van der Waals surface area contributed by atoms with E-state index in [9.17, 15) is 4.79 Å². The summed E-state index contributed by atoms with van der Waals surface area (Å²) in [6.45, 7) is 2.21. The molecule has 1 N–H and O–H groups in total. The fourth-order valence-electron chi connectivity index (χ4n) is 2.37. The molecule has 0 saturated carbocycles. The highest BCUT2D eigenvalue weighted by Gasteiger charge is 2.21. The van der Waals surface area contributed by atoms with Crippen molar-refractivity contribution >= 4 is 5.91 Å². The number of aromatic nitrogens is 2. The molecule has 0 atom stereocenters. The third-order valence-corrected chi connectivity index (χ3v) is 3.62. The number of amides is 1. The number of benzene rings is 1. The maximum absolute atomic E-state index is 12.5. The number of nitrogens with zero attached hydrogens (tertiary/aromatic N) is 2. The van der Waals surface area contributed by atoms with Crippen molar-refractivity contribution in [1.82, 2.24) is 15.0 Å². The molecule has 1 amide bonds. The van der Waals surface area contributed by atoms with Gasteiger partial charge in [-0.3, -0.25) is 4.79 Å². The number of rotatable bonds is 4. The van der Waals surface area contributed by atoms with E-state index < -0.39 is 0 Å². The van der Waals surface area contributed by atoms with Crippen LogP contribution in [0.1, 0.15) is 21.8 Å². The SMILES string of the molecule is Cc1onc(-c2ccccc2)c1C(=O)NCc1cccn1C. The van der Waals surface area contributed by atoms with Crippen molar-refractivity contribution in [2.45, 2.75) is 13.5 Å². The Bertz CT molecular complexity index is 787. The first-order chi connectivity index (χ1) is 10.7. The van der Waals surface area contributed by atoms with Crippen LogP contribution in [-0.2, 0) is 13.6 Å². The molecule has 22 heavy (non-hydrogen) atoms. The summed E-state index contributed by atoms with van der Waals surface area (Å²) in [6.07, 6.45) is 1.95. The number of aryl methyl sites for hydroxylation is 2. The van der Waals surface area contributed by atoms with E-state index in [-0.39, 0.29) is 5.91 Å². The lowest BCUT2D eigenvalue weighted by Gasteiger charge is -2.07. The Labute approximate surface area is 128 Å². The first kappa shape index (κ1) is 14.1. The Kier molecular flexibility index (Phi) is 3.78. The standard InChI is InChI=1S/C17H17N3O2/c1-12-15(16(19-22-12)13-7-4-3-5-8-13)17(21)18-11-14-9-6-10-20(14)2/h3-10H,11H2,1-2H3,(H,18,21). The van der Waals surface area contributed by atoms with Gasteiger partial charge in [0.2, 0.25) is 0 Å². The van der Waals surface area contributed by atoms with Crippen LogP contribution in [0.15, 0.2) is 53.2 Å². The molecular formula is C17H17N3O2. The van der Waals surface area contributed by atoms with E-state index in [2.05, 4.69) is 10.5 Å². The summed E-state index contributed by atoms with van der Waals surface area (Å²) in [5, 5.41) is 6.95. The van der Waals surface area contributed by atoms with Gasteiger partial charge >= 0.3 is 0 Å². The second-order valence-electron chi connectivity index (χ2n) is 5.12. The minimum Gasteiger partial charge on any atom is -0.360 e. The minimum absolute atomic E-state index is 0.182. The van der Waals surface area contributed by atoms with E-state index in [1.165, 1.54) is 0 Å². The quantitative estimate of drug-likeness (QED) is 0.805. The number of nitrogens with one attached hydrogen (secondary N) is 1. The van der Waals surface area contributed by atoms with Gasteiger partial charge in [-0.1, -0.05) is 35.5 Å². The van der Waals surface area contributed by atoms with Crippen LogP contribution >= 0.6 is 0 Å². The van der Waals surface area contributed by atoms with Crippen LogP contribution in [-0.4, -0.2) is 15.6 Å². The van der Waals surface area contributed by atoms with Crippen LogP contribution in [0.5, 0.6) is 0 Å². The van der Waals surface area contributed by atoms with Crippen molar-refractivity contribution in [3.8, 4) is 11.3 Å². The second-order valence-corrected chi connectivity index (χ2v) is 5.12. The lowest BCUT2D eigenvalue weighted by atomic mass is 10.1. The molecule has 112 valence electrons. The van der Waals surface area contributed by atoms with Crippen LogP contribution in [0.4, 0.5) is 0 Å². The van der Waals surface area contributed by atoms with Gasteiger partial charge in [-0.05, 0) is 19.1 Å². The zero-order valence-corrected chi connectivity index (χ0v) is 12.5. The molecule has 0 saturated heterocycles. The van der Waals surface area contributed by atoms with Gasteiger partial charge in [0, 0.05) is 24.5 Å². The van der Waals surface area contributed by atoms with Crippen molar-refractivity contribution in [3.63, 3.8) is 0 Å². The number of carbonyl (C=O) groups is 1. The Morgan fingerprint density at radius 2 is 2.00 bits per heavy atom. The van der Waals surface area contributed by atoms with Crippen molar-refractivity contribution < 1.29 is 9.32 Å². The summed E-state index contributed by atoms with van der Waals surface area (Å²) >= 11 is 0. The van der Waals surface area contributed by atoms with Crippen molar-refractivity contribution in [1.29, 1.82) is 0 Å². The average Bonchev–Trinajstić information content (AvgIpc) is 3.11. The Morgan fingerprint density at radius 3 is 2.68 bits per heavy atom. The number of hydrogen-bond acceptors (Lipinski definition) is 3. The minimum atomic E-state index is -0.182. The summed E-state index contributed by atoms with van der Waals surface area (Å²) in [5.41, 5.74) is 2.95. The predicted octanol–water partition coefficient (Wildman–Crippen LogP) is 2.92. The average molecular weight is 295 g/mol. The molecule has 0 aliphatic heterocycles. The zero-order valence-electron chi connectivity index (χ0n) is 12.5. The molecule has 2 aromatic heterocycles. The monoisotopic (exact) mass is 295 g/mol. The number of carbonyl (C=O) groups excluding carboxylic acids is 1. The van der Waals surface area contributed by atoms with E-state index in [1.54, 1.807) is 6.92 Å². The van der Waals surface area contributed by atoms with Crippen molar-refractivity contribution in [2.75, 3.05) is 0 Å². The summed E-state index contributed by atoms with van der Waals surface area (Å²) in [5.74, 6) is 0.335. The summed E-state index contributed by atoms with van der Waals surface area (Å²) in [7, 11) is 1.95. The molecule has 0 spiro atoms. The van der Waals surface area contributed by atoms with E-state index in [0.717, 1.165) is 11.3 Å². The smallest absolute Gasteiger partial charge is 0.257 e. The van der Waals surface area contributed by atoms with Gasteiger partial charge in [0.1, 0.15) is 17.0 Å². The van der Waals surface area contributed by atoms with Gasteiger partial charge in [0.15, 0.2) is 0 Å². The molecule has 0 radical (unpaired) electrons. The van der Waals surface area contributed by atoms with Crippen LogP contribution in [0.3, 0.4) is 0 Å². The third-order valence-electron chi connectivity index (χ3n) is 3.62. The Hall–Kier alpha value is -2.82. The van der Waals surface area contributed by atoms with E-state index >= 15 is 0 Å². The van der Waals surface area contributed by atoms with Crippen LogP contribution in [0, 0.1) is 6.92 Å². The maximum Gasteiger partial charge on any atom is 0.257 e. The second kappa shape index (κ2) is 5.89. The highest BCUT2D eigenvalue weighted by atomic mass is 16.5. The molecule has 0 fully saturated rings. The fraction of sp³-hybridized carbons (Fsp3) is 0.176. The molecule has 0 aliphatic carbocycles. The normalized spacial score (nSPS) is 10.6. The molecule has 5 heteroatoms. The van der Waals surface area contributed by atoms with Gasteiger partial charge in [0.25, 0.3) is 5.91 Å². The van der Waals surface area contributed by atoms with Crippen molar-refractivity contribution in [2.24, 2.45) is 7.05 Å². The van der Waals surface area contributed by atoms with E-state index in [4.69, 9.17) is 4.52 Å². The third kappa shape index (κ3) is 2.65. The predicted molar refractivity (Wildman–Crippen MR) is 83.3 cm³/mol. The summed E-state index contributed by atoms with van der Waals surface area (Å²) < 4.78 is 7.19. The molecule has 0 unspecified atom stereocenters. The van der Waals surface area contributed by atoms with Crippen LogP contribution < -0.4 is 5.32 Å². The van der Waals surface area contributed by atoms with Crippen molar-refractivity contribution in [3.05, 3.63) is 65.7 Å². The number of hydrogen-bond donors (Lipinski definition) is 1. The molecule has 1 aromatic carbocycles. The fourth-order valence-corrected chi connectivity index (χ4v) is 2.37. The molecule has 3 aromatic rings. The van der Waals surface area contributed by atoms with Gasteiger partial charge in [0.05, 0.1) is 6.54 Å².